The number of benzene rings is 3. The van der Waals surface area contributed by atoms with Gasteiger partial charge < -0.3 is 4.74 Å². The molecule has 3 aromatic carbocycles. The molecule has 1 atom stereocenters. The Kier molecular flexibility index (Phi) is 8.69. The van der Waals surface area contributed by atoms with Gasteiger partial charge in [0, 0.05) is 29.0 Å². The summed E-state index contributed by atoms with van der Waals surface area (Å²) in [6.45, 7) is 1.84. The van der Waals surface area contributed by atoms with E-state index in [2.05, 4.69) is 9.97 Å². The predicted molar refractivity (Wildman–Crippen MR) is 172 cm³/mol. The average Bonchev–Trinajstić information content (AvgIpc) is 3.36. The highest BCUT2D eigenvalue weighted by atomic mass is 35.5. The number of ether oxygens (including phenoxy) is 1. The van der Waals surface area contributed by atoms with Crippen LogP contribution in [-0.4, -0.2) is 32.0 Å². The summed E-state index contributed by atoms with van der Waals surface area (Å²) < 4.78 is 7.22. The second-order valence-corrected chi connectivity index (χ2v) is 12.1. The fraction of sp³-hybridized carbons (Fsp3) is 0.0938. The lowest BCUT2D eigenvalue weighted by molar-refractivity contribution is -0.387. The van der Waals surface area contributed by atoms with Gasteiger partial charge in [-0.05, 0) is 60.2 Å². The Morgan fingerprint density at radius 1 is 1.09 bits per heavy atom. The van der Waals surface area contributed by atoms with Crippen molar-refractivity contribution in [3.05, 3.63) is 148 Å². The molecule has 224 valence electrons. The van der Waals surface area contributed by atoms with Gasteiger partial charge >= 0.3 is 5.97 Å². The molecule has 0 saturated heterocycles. The van der Waals surface area contributed by atoms with E-state index >= 15 is 0 Å². The number of fused-ring (bicyclic) bond motifs is 1. The van der Waals surface area contributed by atoms with E-state index in [1.165, 1.54) is 10.6 Å². The van der Waals surface area contributed by atoms with Crippen LogP contribution in [0.1, 0.15) is 29.7 Å². The summed E-state index contributed by atoms with van der Waals surface area (Å²) in [6.07, 6.45) is 4.70. The van der Waals surface area contributed by atoms with Crippen molar-refractivity contribution < 1.29 is 14.5 Å². The number of nitro benzene ring substituents is 1. The van der Waals surface area contributed by atoms with E-state index in [0.717, 1.165) is 23.1 Å². The van der Waals surface area contributed by atoms with Crippen molar-refractivity contribution in [2.45, 2.75) is 23.0 Å². The zero-order valence-electron chi connectivity index (χ0n) is 23.5. The van der Waals surface area contributed by atoms with Crippen LogP contribution in [0.3, 0.4) is 0 Å². The number of rotatable bonds is 8. The lowest BCUT2D eigenvalue weighted by Crippen LogP contribution is -2.40. The molecule has 0 spiro atoms. The summed E-state index contributed by atoms with van der Waals surface area (Å²) in [5.41, 5.74) is 1.81. The maximum atomic E-state index is 14.1. The van der Waals surface area contributed by atoms with Crippen LogP contribution in [0.4, 0.5) is 5.69 Å². The minimum Gasteiger partial charge on any atom is -0.463 e. The van der Waals surface area contributed by atoms with E-state index in [9.17, 15) is 19.7 Å². The summed E-state index contributed by atoms with van der Waals surface area (Å²) >= 11 is 8.39. The van der Waals surface area contributed by atoms with Crippen molar-refractivity contribution in [1.29, 1.82) is 0 Å². The molecular formula is C32H22ClN5O5S2. The van der Waals surface area contributed by atoms with E-state index in [1.807, 2.05) is 30.3 Å². The summed E-state index contributed by atoms with van der Waals surface area (Å²) in [6, 6.07) is 21.6. The van der Waals surface area contributed by atoms with Crippen LogP contribution < -0.4 is 14.9 Å². The molecule has 1 aliphatic rings. The van der Waals surface area contributed by atoms with Crippen LogP contribution in [0.2, 0.25) is 5.02 Å². The Labute approximate surface area is 269 Å². The van der Waals surface area contributed by atoms with Crippen LogP contribution in [0.15, 0.2) is 117 Å². The van der Waals surface area contributed by atoms with Gasteiger partial charge in [0.25, 0.3) is 11.2 Å². The first-order valence-corrected chi connectivity index (χ1v) is 15.6. The van der Waals surface area contributed by atoms with Gasteiger partial charge in [0.05, 0.1) is 38.3 Å². The smallest absolute Gasteiger partial charge is 0.338 e. The molecule has 0 aliphatic carbocycles. The van der Waals surface area contributed by atoms with E-state index < -0.39 is 22.5 Å². The molecule has 6 rings (SSSR count). The number of halogens is 1. The molecule has 10 nitrogen and oxygen atoms in total. The second kappa shape index (κ2) is 13.0. The zero-order valence-corrected chi connectivity index (χ0v) is 25.9. The number of hydrogen-bond donors (Lipinski definition) is 0. The van der Waals surface area contributed by atoms with Gasteiger partial charge in [0.1, 0.15) is 0 Å². The largest absolute Gasteiger partial charge is 0.463 e. The highest BCUT2D eigenvalue weighted by Crippen LogP contribution is 2.36. The highest BCUT2D eigenvalue weighted by Gasteiger charge is 2.35. The molecule has 0 amide bonds. The maximum Gasteiger partial charge on any atom is 0.338 e. The normalized spacial score (nSPS) is 14.5. The molecule has 0 N–H and O–H groups in total. The van der Waals surface area contributed by atoms with Crippen LogP contribution in [-0.2, 0) is 9.53 Å². The van der Waals surface area contributed by atoms with Crippen LogP contribution in [0.25, 0.3) is 11.8 Å². The summed E-state index contributed by atoms with van der Waals surface area (Å²) in [5.74, 6) is -0.597. The number of hydrogen-bond acceptors (Lipinski definition) is 10. The standard InChI is InChI=1S/C32H22ClN5O5S2/c1-2-43-30(40)26-27(20-7-4-3-5-8-20)36-32-37(28(26)21-10-12-22(33)13-11-21)29(39)25(45-32)18-19-9-14-24(23(17-19)38(41)42)44-31-34-15-6-16-35-31/h3-18,28H,2H2,1H3/b25-18+/t28-/m1/s1. The molecule has 3 heterocycles. The molecule has 5 aromatic rings. The van der Waals surface area contributed by atoms with Crippen molar-refractivity contribution in [2.75, 3.05) is 6.61 Å². The van der Waals surface area contributed by atoms with E-state index in [0.29, 0.717) is 42.3 Å². The van der Waals surface area contributed by atoms with Crippen molar-refractivity contribution in [1.82, 2.24) is 14.5 Å². The van der Waals surface area contributed by atoms with E-state index in [1.54, 1.807) is 67.9 Å². The molecule has 45 heavy (non-hydrogen) atoms. The van der Waals surface area contributed by atoms with Crippen LogP contribution >= 0.6 is 34.7 Å². The Balaban J connectivity index is 1.54. The van der Waals surface area contributed by atoms with Gasteiger partial charge in [-0.2, -0.15) is 0 Å². The predicted octanol–water partition coefficient (Wildman–Crippen LogP) is 5.44. The van der Waals surface area contributed by atoms with Gasteiger partial charge in [-0.3, -0.25) is 19.5 Å². The lowest BCUT2D eigenvalue weighted by Gasteiger charge is -2.25. The van der Waals surface area contributed by atoms with E-state index in [-0.39, 0.29) is 22.4 Å². The summed E-state index contributed by atoms with van der Waals surface area (Å²) in [5, 5.41) is 12.9. The number of carbonyl (C=O) groups is 1. The molecule has 1 aliphatic heterocycles. The summed E-state index contributed by atoms with van der Waals surface area (Å²) in [7, 11) is 0. The Morgan fingerprint density at radius 2 is 1.82 bits per heavy atom. The van der Waals surface area contributed by atoms with Gasteiger partial charge in [-0.25, -0.2) is 19.8 Å². The van der Waals surface area contributed by atoms with Gasteiger partial charge in [0.15, 0.2) is 9.96 Å². The second-order valence-electron chi connectivity index (χ2n) is 9.60. The monoisotopic (exact) mass is 655 g/mol. The van der Waals surface area contributed by atoms with E-state index in [4.69, 9.17) is 21.3 Å². The van der Waals surface area contributed by atoms with Crippen molar-refractivity contribution >= 4 is 58.1 Å². The molecule has 2 aromatic heterocycles. The Bertz CT molecular complexity index is 2130. The van der Waals surface area contributed by atoms with Gasteiger partial charge in [-0.1, -0.05) is 71.5 Å². The highest BCUT2D eigenvalue weighted by molar-refractivity contribution is 7.99. The third-order valence-electron chi connectivity index (χ3n) is 6.78. The van der Waals surface area contributed by atoms with Gasteiger partial charge in [0.2, 0.25) is 0 Å². The van der Waals surface area contributed by atoms with Crippen molar-refractivity contribution in [2.24, 2.45) is 4.99 Å². The molecule has 0 unspecified atom stereocenters. The molecule has 13 heteroatoms. The number of aromatic nitrogens is 3. The zero-order chi connectivity index (χ0) is 31.5. The fourth-order valence-corrected chi connectivity index (χ4v) is 6.77. The lowest BCUT2D eigenvalue weighted by atomic mass is 9.93. The molecule has 0 saturated carbocycles. The first kappa shape index (κ1) is 30.1. The quantitative estimate of drug-likeness (QED) is 0.0936. The number of esters is 1. The van der Waals surface area contributed by atoms with Crippen molar-refractivity contribution in [3.63, 3.8) is 0 Å². The third kappa shape index (κ3) is 6.21. The number of thiazole rings is 1. The van der Waals surface area contributed by atoms with Crippen LogP contribution in [0.5, 0.6) is 0 Å². The summed E-state index contributed by atoms with van der Waals surface area (Å²) in [4.78, 5) is 53.0. The Hall–Kier alpha value is -4.91. The minimum atomic E-state index is -0.867. The number of nitrogens with zero attached hydrogens (tertiary/aromatic N) is 5. The fourth-order valence-electron chi connectivity index (χ4n) is 4.84. The Morgan fingerprint density at radius 3 is 2.51 bits per heavy atom. The third-order valence-corrected chi connectivity index (χ3v) is 8.97. The number of carbonyl (C=O) groups excluding carboxylic acids is 1. The number of nitro groups is 1. The molecule has 0 fully saturated rings. The van der Waals surface area contributed by atoms with Gasteiger partial charge in [-0.15, -0.1) is 0 Å². The maximum absolute atomic E-state index is 14.1. The molecule has 0 bridgehead atoms. The first-order chi connectivity index (χ1) is 21.8. The van der Waals surface area contributed by atoms with Crippen LogP contribution in [0, 0.1) is 10.1 Å². The SMILES string of the molecule is CCOC(=O)C1=C(c2ccccc2)N=c2s/c(=C/c3ccc(Sc4ncccn4)c([N+](=O)[O-])c3)c(=O)n2[C@@H]1c1ccc(Cl)cc1. The first-order valence-electron chi connectivity index (χ1n) is 13.6. The molecule has 0 radical (unpaired) electrons. The average molecular weight is 656 g/mol. The van der Waals surface area contributed by atoms with Crippen molar-refractivity contribution in [3.8, 4) is 0 Å². The molecular weight excluding hydrogens is 634 g/mol. The topological polar surface area (TPSA) is 130 Å². The minimum absolute atomic E-state index is 0.131.